The maximum Gasteiger partial charge on any atom is 0.231 e. The number of ether oxygens (including phenoxy) is 1. The van der Waals surface area contributed by atoms with Gasteiger partial charge in [-0.25, -0.2) is 4.98 Å². The van der Waals surface area contributed by atoms with Crippen LogP contribution in [-0.4, -0.2) is 11.6 Å². The number of oxazole rings is 1. The van der Waals surface area contributed by atoms with Crippen LogP contribution >= 0.6 is 0 Å². The lowest BCUT2D eigenvalue weighted by atomic mass is 10.2. The van der Waals surface area contributed by atoms with E-state index < -0.39 is 0 Å². The molecule has 1 heterocycles. The molecular weight excluding hydrogens is 250 g/mol. The summed E-state index contributed by atoms with van der Waals surface area (Å²) in [5, 5.41) is 0. The predicted molar refractivity (Wildman–Crippen MR) is 79.9 cm³/mol. The molecule has 0 N–H and O–H groups in total. The minimum Gasteiger partial charge on any atom is -0.489 e. The molecule has 20 heavy (non-hydrogen) atoms. The van der Waals surface area contributed by atoms with Gasteiger partial charge in [-0.2, -0.15) is 0 Å². The number of aryl methyl sites for hydroxylation is 1. The number of hydrogen-bond donors (Lipinski definition) is 0. The predicted octanol–water partition coefficient (Wildman–Crippen LogP) is 4.37. The third-order valence-corrected chi connectivity index (χ3v) is 3.02. The van der Waals surface area contributed by atoms with Gasteiger partial charge in [-0.1, -0.05) is 30.9 Å². The Hall–Kier alpha value is -2.55. The Balaban J connectivity index is 2.08. The van der Waals surface area contributed by atoms with Crippen molar-refractivity contribution < 1.29 is 9.15 Å². The highest BCUT2D eigenvalue weighted by atomic mass is 16.5. The summed E-state index contributed by atoms with van der Waals surface area (Å²) in [7, 11) is 0. The minimum absolute atomic E-state index is 0.455. The number of fused-ring (bicyclic) bond motifs is 1. The van der Waals surface area contributed by atoms with Gasteiger partial charge in [-0.3, -0.25) is 0 Å². The van der Waals surface area contributed by atoms with Gasteiger partial charge in [0.2, 0.25) is 5.89 Å². The summed E-state index contributed by atoms with van der Waals surface area (Å²) in [6, 6.07) is 13.7. The Morgan fingerprint density at radius 1 is 1.25 bits per heavy atom. The molecule has 0 radical (unpaired) electrons. The number of rotatable bonds is 4. The lowest BCUT2D eigenvalue weighted by Crippen LogP contribution is -1.94. The highest BCUT2D eigenvalue weighted by Crippen LogP contribution is 2.31. The molecule has 0 atom stereocenters. The van der Waals surface area contributed by atoms with Crippen LogP contribution in [0.25, 0.3) is 22.6 Å². The molecule has 0 saturated carbocycles. The van der Waals surface area contributed by atoms with Crippen LogP contribution in [0.3, 0.4) is 0 Å². The number of nitrogens with zero attached hydrogens (tertiary/aromatic N) is 1. The maximum atomic E-state index is 5.81. The highest BCUT2D eigenvalue weighted by Gasteiger charge is 2.12. The van der Waals surface area contributed by atoms with Crippen LogP contribution in [0, 0.1) is 6.92 Å². The first-order valence-corrected chi connectivity index (χ1v) is 6.48. The van der Waals surface area contributed by atoms with Crippen LogP contribution in [0.2, 0.25) is 0 Å². The van der Waals surface area contributed by atoms with E-state index in [0.717, 1.165) is 28.0 Å². The van der Waals surface area contributed by atoms with Crippen molar-refractivity contribution in [2.24, 2.45) is 0 Å². The van der Waals surface area contributed by atoms with Gasteiger partial charge in [0.25, 0.3) is 0 Å². The third kappa shape index (κ3) is 2.30. The average Bonchev–Trinajstić information content (AvgIpc) is 2.88. The van der Waals surface area contributed by atoms with Crippen LogP contribution in [0.5, 0.6) is 5.75 Å². The van der Waals surface area contributed by atoms with Crippen LogP contribution in [0.15, 0.2) is 59.5 Å². The van der Waals surface area contributed by atoms with Crippen molar-refractivity contribution in [1.82, 2.24) is 4.98 Å². The molecule has 0 aliphatic heterocycles. The van der Waals surface area contributed by atoms with E-state index in [0.29, 0.717) is 12.5 Å². The maximum absolute atomic E-state index is 5.81. The smallest absolute Gasteiger partial charge is 0.231 e. The molecule has 1 aromatic heterocycles. The van der Waals surface area contributed by atoms with Crippen molar-refractivity contribution in [3.63, 3.8) is 0 Å². The van der Waals surface area contributed by atoms with Gasteiger partial charge in [-0.05, 0) is 36.8 Å². The van der Waals surface area contributed by atoms with Crippen LogP contribution in [0.1, 0.15) is 5.56 Å². The zero-order chi connectivity index (χ0) is 13.9. The molecule has 3 nitrogen and oxygen atoms in total. The first-order chi connectivity index (χ1) is 9.78. The van der Waals surface area contributed by atoms with E-state index in [4.69, 9.17) is 9.15 Å². The quantitative estimate of drug-likeness (QED) is 0.657. The summed E-state index contributed by atoms with van der Waals surface area (Å²) in [4.78, 5) is 4.54. The Bertz CT molecular complexity index is 759. The Kier molecular flexibility index (Phi) is 3.25. The summed E-state index contributed by atoms with van der Waals surface area (Å²) >= 11 is 0. The number of para-hydroxylation sites is 1. The van der Waals surface area contributed by atoms with E-state index in [2.05, 4.69) is 11.6 Å². The molecule has 0 fully saturated rings. The second-order valence-corrected chi connectivity index (χ2v) is 4.59. The molecule has 0 amide bonds. The van der Waals surface area contributed by atoms with Gasteiger partial charge in [0, 0.05) is 0 Å². The largest absolute Gasteiger partial charge is 0.489 e. The summed E-state index contributed by atoms with van der Waals surface area (Å²) in [5.74, 6) is 1.32. The second kappa shape index (κ2) is 5.21. The number of hydrogen-bond acceptors (Lipinski definition) is 3. The molecule has 0 aliphatic rings. The molecule has 0 bridgehead atoms. The average molecular weight is 265 g/mol. The van der Waals surface area contributed by atoms with E-state index in [9.17, 15) is 0 Å². The molecule has 2 aromatic carbocycles. The fraction of sp³-hybridized carbons (Fsp3) is 0.118. The van der Waals surface area contributed by atoms with E-state index in [1.165, 1.54) is 0 Å². The monoisotopic (exact) mass is 265 g/mol. The minimum atomic E-state index is 0.455. The van der Waals surface area contributed by atoms with Crippen LogP contribution in [0.4, 0.5) is 0 Å². The van der Waals surface area contributed by atoms with Gasteiger partial charge >= 0.3 is 0 Å². The molecule has 3 rings (SSSR count). The highest BCUT2D eigenvalue weighted by molar-refractivity contribution is 5.78. The van der Waals surface area contributed by atoms with E-state index in [-0.39, 0.29) is 0 Å². The Morgan fingerprint density at radius 3 is 2.95 bits per heavy atom. The zero-order valence-electron chi connectivity index (χ0n) is 11.3. The second-order valence-electron chi connectivity index (χ2n) is 4.59. The number of aromatic nitrogens is 1. The summed E-state index contributed by atoms with van der Waals surface area (Å²) in [6.07, 6.45) is 1.71. The molecule has 100 valence electrons. The standard InChI is InChI=1S/C17H15NO2/c1-3-10-19-15-7-5-4-6-13(15)17-18-14-11-12(2)8-9-16(14)20-17/h3-9,11H,1,10H2,2H3. The van der Waals surface area contributed by atoms with Gasteiger partial charge < -0.3 is 9.15 Å². The van der Waals surface area contributed by atoms with Crippen molar-refractivity contribution in [3.8, 4) is 17.2 Å². The fourth-order valence-electron chi connectivity index (χ4n) is 2.07. The molecule has 0 aliphatic carbocycles. The molecule has 0 spiro atoms. The first-order valence-electron chi connectivity index (χ1n) is 6.48. The topological polar surface area (TPSA) is 35.3 Å². The fourth-order valence-corrected chi connectivity index (χ4v) is 2.07. The SMILES string of the molecule is C=CCOc1ccccc1-c1nc2cc(C)ccc2o1. The molecular formula is C17H15NO2. The van der Waals surface area contributed by atoms with Crippen molar-refractivity contribution in [1.29, 1.82) is 0 Å². The molecule has 0 unspecified atom stereocenters. The van der Waals surface area contributed by atoms with Crippen molar-refractivity contribution in [3.05, 3.63) is 60.7 Å². The van der Waals surface area contributed by atoms with Crippen molar-refractivity contribution >= 4 is 11.1 Å². The Morgan fingerprint density at radius 2 is 2.10 bits per heavy atom. The summed E-state index contributed by atoms with van der Waals surface area (Å²) in [5.41, 5.74) is 3.65. The Labute approximate surface area is 117 Å². The summed E-state index contributed by atoms with van der Waals surface area (Å²) in [6.45, 7) is 6.15. The van der Waals surface area contributed by atoms with Gasteiger partial charge in [-0.15, -0.1) is 0 Å². The lowest BCUT2D eigenvalue weighted by molar-refractivity contribution is 0.363. The summed E-state index contributed by atoms with van der Waals surface area (Å²) < 4.78 is 11.5. The zero-order valence-corrected chi connectivity index (χ0v) is 11.3. The van der Waals surface area contributed by atoms with Gasteiger partial charge in [0.15, 0.2) is 5.58 Å². The molecule has 0 saturated heterocycles. The van der Waals surface area contributed by atoms with Crippen molar-refractivity contribution in [2.45, 2.75) is 6.92 Å². The van der Waals surface area contributed by atoms with E-state index in [1.54, 1.807) is 6.08 Å². The first kappa shape index (κ1) is 12.5. The van der Waals surface area contributed by atoms with Crippen molar-refractivity contribution in [2.75, 3.05) is 6.61 Å². The van der Waals surface area contributed by atoms with E-state index in [1.807, 2.05) is 49.4 Å². The number of benzene rings is 2. The van der Waals surface area contributed by atoms with Gasteiger partial charge in [0.05, 0.1) is 5.56 Å². The molecule has 3 heteroatoms. The third-order valence-electron chi connectivity index (χ3n) is 3.02. The normalized spacial score (nSPS) is 10.7. The lowest BCUT2D eigenvalue weighted by Gasteiger charge is -2.06. The van der Waals surface area contributed by atoms with Gasteiger partial charge in [0.1, 0.15) is 17.9 Å². The van der Waals surface area contributed by atoms with Crippen LogP contribution < -0.4 is 4.74 Å². The molecule has 3 aromatic rings. The van der Waals surface area contributed by atoms with Crippen LogP contribution in [-0.2, 0) is 0 Å². The van der Waals surface area contributed by atoms with E-state index >= 15 is 0 Å².